The van der Waals surface area contributed by atoms with Crippen LogP contribution in [0.2, 0.25) is 0 Å². The van der Waals surface area contributed by atoms with Crippen LogP contribution in [-0.2, 0) is 6.18 Å². The highest BCUT2D eigenvalue weighted by Crippen LogP contribution is 2.36. The number of hydrogen-bond acceptors (Lipinski definition) is 6. The van der Waals surface area contributed by atoms with Gasteiger partial charge in [-0.25, -0.2) is 4.98 Å². The fourth-order valence-electron chi connectivity index (χ4n) is 3.05. The first-order valence-electron chi connectivity index (χ1n) is 8.42. The Hall–Kier alpha value is -3.02. The molecule has 1 aliphatic heterocycles. The molecule has 2 aromatic rings. The van der Waals surface area contributed by atoms with E-state index in [1.165, 1.54) is 6.07 Å². The fourth-order valence-corrected chi connectivity index (χ4v) is 3.05. The van der Waals surface area contributed by atoms with Crippen molar-refractivity contribution < 1.29 is 13.2 Å². The van der Waals surface area contributed by atoms with Crippen molar-refractivity contribution in [3.8, 4) is 6.07 Å². The number of aromatic nitrogens is 2. The van der Waals surface area contributed by atoms with E-state index in [0.29, 0.717) is 37.8 Å². The van der Waals surface area contributed by atoms with E-state index in [9.17, 15) is 18.4 Å². The Labute approximate surface area is 155 Å². The molecule has 0 spiro atoms. The van der Waals surface area contributed by atoms with Crippen LogP contribution in [0.15, 0.2) is 30.5 Å². The lowest BCUT2D eigenvalue weighted by Crippen LogP contribution is -2.47. The number of benzene rings is 1. The van der Waals surface area contributed by atoms with Gasteiger partial charge in [-0.15, -0.1) is 0 Å². The molecule has 3 rings (SSSR count). The van der Waals surface area contributed by atoms with Gasteiger partial charge in [0, 0.05) is 46.5 Å². The summed E-state index contributed by atoms with van der Waals surface area (Å²) in [6.07, 6.45) is -2.87. The number of nitrogens with zero attached hydrogens (tertiary/aromatic N) is 6. The third-order valence-corrected chi connectivity index (χ3v) is 4.45. The van der Waals surface area contributed by atoms with Gasteiger partial charge >= 0.3 is 6.18 Å². The van der Waals surface area contributed by atoms with Crippen LogP contribution in [0.5, 0.6) is 0 Å². The standard InChI is InChI=1S/C18H19F3N6/c1-25(2)16-6-7-23-17(24-16)27-10-8-26(9-11-27)15-5-3-4-14(13(15)12-22)18(19,20)21/h3-7H,8-11H2,1-2H3. The molecule has 0 amide bonds. The van der Waals surface area contributed by atoms with Gasteiger partial charge in [-0.2, -0.15) is 23.4 Å². The summed E-state index contributed by atoms with van der Waals surface area (Å²) in [6, 6.07) is 7.38. The Balaban J connectivity index is 1.79. The molecule has 142 valence electrons. The van der Waals surface area contributed by atoms with Gasteiger partial charge in [0.05, 0.1) is 16.8 Å². The lowest BCUT2D eigenvalue weighted by Gasteiger charge is -2.36. The Morgan fingerprint density at radius 3 is 2.33 bits per heavy atom. The van der Waals surface area contributed by atoms with E-state index in [4.69, 9.17) is 0 Å². The summed E-state index contributed by atoms with van der Waals surface area (Å²) >= 11 is 0. The van der Waals surface area contributed by atoms with Crippen LogP contribution in [0.4, 0.5) is 30.6 Å². The molecule has 0 unspecified atom stereocenters. The highest BCUT2D eigenvalue weighted by Gasteiger charge is 2.35. The minimum atomic E-state index is -4.55. The normalized spacial score (nSPS) is 14.8. The zero-order chi connectivity index (χ0) is 19.6. The predicted octanol–water partition coefficient (Wildman–Crippen LogP) is 2.76. The van der Waals surface area contributed by atoms with E-state index >= 15 is 0 Å². The number of hydrogen-bond donors (Lipinski definition) is 0. The molecule has 1 aromatic heterocycles. The molecule has 9 heteroatoms. The van der Waals surface area contributed by atoms with Crippen LogP contribution in [-0.4, -0.2) is 50.2 Å². The highest BCUT2D eigenvalue weighted by atomic mass is 19.4. The first kappa shape index (κ1) is 18.8. The monoisotopic (exact) mass is 376 g/mol. The Morgan fingerprint density at radius 2 is 1.74 bits per heavy atom. The van der Waals surface area contributed by atoms with E-state index in [1.54, 1.807) is 23.2 Å². The van der Waals surface area contributed by atoms with Crippen LogP contribution in [0.1, 0.15) is 11.1 Å². The highest BCUT2D eigenvalue weighted by molar-refractivity contribution is 5.64. The number of piperazine rings is 1. The van der Waals surface area contributed by atoms with Crippen molar-refractivity contribution in [1.82, 2.24) is 9.97 Å². The molecule has 0 N–H and O–H groups in total. The van der Waals surface area contributed by atoms with Crippen molar-refractivity contribution in [2.75, 3.05) is 55.0 Å². The second kappa shape index (κ2) is 7.31. The lowest BCUT2D eigenvalue weighted by atomic mass is 10.0. The van der Waals surface area contributed by atoms with Gasteiger partial charge in [-0.3, -0.25) is 0 Å². The van der Waals surface area contributed by atoms with Crippen molar-refractivity contribution in [1.29, 1.82) is 5.26 Å². The molecule has 1 aromatic carbocycles. The molecule has 6 nitrogen and oxygen atoms in total. The molecule has 1 aliphatic rings. The summed E-state index contributed by atoms with van der Waals surface area (Å²) in [6.45, 7) is 2.06. The summed E-state index contributed by atoms with van der Waals surface area (Å²) in [5.74, 6) is 1.37. The van der Waals surface area contributed by atoms with E-state index in [1.807, 2.05) is 30.0 Å². The number of rotatable bonds is 3. The summed E-state index contributed by atoms with van der Waals surface area (Å²) < 4.78 is 39.5. The first-order valence-corrected chi connectivity index (χ1v) is 8.42. The summed E-state index contributed by atoms with van der Waals surface area (Å²) in [4.78, 5) is 14.5. The lowest BCUT2D eigenvalue weighted by molar-refractivity contribution is -0.137. The molecular weight excluding hydrogens is 357 g/mol. The van der Waals surface area contributed by atoms with Gasteiger partial charge in [-0.1, -0.05) is 6.07 Å². The molecular formula is C18H19F3N6. The van der Waals surface area contributed by atoms with Crippen molar-refractivity contribution in [2.24, 2.45) is 0 Å². The van der Waals surface area contributed by atoms with Crippen molar-refractivity contribution in [2.45, 2.75) is 6.18 Å². The average Bonchev–Trinajstić information content (AvgIpc) is 2.67. The molecule has 0 bridgehead atoms. The molecule has 0 saturated carbocycles. The number of halogens is 3. The quantitative estimate of drug-likeness (QED) is 0.821. The van der Waals surface area contributed by atoms with Gasteiger partial charge in [0.1, 0.15) is 11.9 Å². The van der Waals surface area contributed by atoms with Gasteiger partial charge in [0.15, 0.2) is 0 Å². The maximum absolute atomic E-state index is 13.2. The van der Waals surface area contributed by atoms with Crippen LogP contribution >= 0.6 is 0 Å². The van der Waals surface area contributed by atoms with Gasteiger partial charge in [0.25, 0.3) is 0 Å². The molecule has 2 heterocycles. The molecule has 0 aliphatic carbocycles. The Bertz CT molecular complexity index is 851. The Morgan fingerprint density at radius 1 is 1.07 bits per heavy atom. The summed E-state index contributed by atoms with van der Waals surface area (Å²) in [5.41, 5.74) is -0.911. The second-order valence-corrected chi connectivity index (χ2v) is 6.39. The topological polar surface area (TPSA) is 59.3 Å². The average molecular weight is 376 g/mol. The minimum Gasteiger partial charge on any atom is -0.367 e. The maximum Gasteiger partial charge on any atom is 0.417 e. The number of nitriles is 1. The van der Waals surface area contributed by atoms with E-state index in [2.05, 4.69) is 9.97 Å². The molecule has 0 radical (unpaired) electrons. The van der Waals surface area contributed by atoms with Gasteiger partial charge in [-0.05, 0) is 18.2 Å². The van der Waals surface area contributed by atoms with E-state index in [0.717, 1.165) is 11.9 Å². The van der Waals surface area contributed by atoms with Crippen LogP contribution in [0, 0.1) is 11.3 Å². The number of alkyl halides is 3. The third kappa shape index (κ3) is 3.89. The van der Waals surface area contributed by atoms with Crippen molar-refractivity contribution in [3.63, 3.8) is 0 Å². The first-order chi connectivity index (χ1) is 12.8. The van der Waals surface area contributed by atoms with Gasteiger partial charge < -0.3 is 14.7 Å². The van der Waals surface area contributed by atoms with E-state index < -0.39 is 11.7 Å². The SMILES string of the molecule is CN(C)c1ccnc(N2CCN(c3cccc(C(F)(F)F)c3C#N)CC2)n1. The molecule has 27 heavy (non-hydrogen) atoms. The predicted molar refractivity (Wildman–Crippen MR) is 96.9 cm³/mol. The van der Waals surface area contributed by atoms with E-state index in [-0.39, 0.29) is 5.56 Å². The summed E-state index contributed by atoms with van der Waals surface area (Å²) in [5, 5.41) is 9.29. The molecule has 1 fully saturated rings. The van der Waals surface area contributed by atoms with Crippen molar-refractivity contribution >= 4 is 17.5 Å². The van der Waals surface area contributed by atoms with Crippen LogP contribution < -0.4 is 14.7 Å². The zero-order valence-electron chi connectivity index (χ0n) is 15.0. The molecule has 1 saturated heterocycles. The molecule has 0 atom stereocenters. The number of anilines is 3. The Kier molecular flexibility index (Phi) is 5.08. The zero-order valence-corrected chi connectivity index (χ0v) is 15.0. The maximum atomic E-state index is 13.2. The third-order valence-electron chi connectivity index (χ3n) is 4.45. The second-order valence-electron chi connectivity index (χ2n) is 6.39. The largest absolute Gasteiger partial charge is 0.417 e. The smallest absolute Gasteiger partial charge is 0.367 e. The summed E-state index contributed by atoms with van der Waals surface area (Å²) in [7, 11) is 3.78. The van der Waals surface area contributed by atoms with Crippen LogP contribution in [0.25, 0.3) is 0 Å². The minimum absolute atomic E-state index is 0.315. The van der Waals surface area contributed by atoms with Crippen molar-refractivity contribution in [3.05, 3.63) is 41.6 Å². The van der Waals surface area contributed by atoms with Crippen LogP contribution in [0.3, 0.4) is 0 Å². The van der Waals surface area contributed by atoms with Gasteiger partial charge in [0.2, 0.25) is 5.95 Å². The fraction of sp³-hybridized carbons (Fsp3) is 0.389.